The van der Waals surface area contributed by atoms with Gasteiger partial charge in [0.2, 0.25) is 11.8 Å². The summed E-state index contributed by atoms with van der Waals surface area (Å²) in [5.41, 5.74) is 0. The van der Waals surface area contributed by atoms with Crippen LogP contribution in [0.25, 0.3) is 0 Å². The largest absolute Gasteiger partial charge is 0.480 e. The number of aliphatic carboxylic acids is 1. The number of carbonyl (C=O) groups is 3. The van der Waals surface area contributed by atoms with E-state index in [0.29, 0.717) is 4.90 Å². The minimum Gasteiger partial charge on any atom is -0.480 e. The van der Waals surface area contributed by atoms with E-state index in [2.05, 4.69) is 5.32 Å². The Morgan fingerprint density at radius 2 is 2.14 bits per heavy atom. The number of carbonyl (C=O) groups excluding carboxylic acids is 2. The molecule has 0 aliphatic carbocycles. The van der Waals surface area contributed by atoms with Crippen LogP contribution in [-0.2, 0) is 14.4 Å². The maximum atomic E-state index is 13.4. The highest BCUT2D eigenvalue weighted by Gasteiger charge is 2.34. The van der Waals surface area contributed by atoms with Crippen LogP contribution in [0, 0.1) is 5.82 Å². The third-order valence-corrected chi connectivity index (χ3v) is 4.01. The van der Waals surface area contributed by atoms with Gasteiger partial charge in [0.05, 0.1) is 5.75 Å². The van der Waals surface area contributed by atoms with Crippen molar-refractivity contribution in [2.75, 3.05) is 18.8 Å². The number of carboxylic acids is 1. The fourth-order valence-electron chi connectivity index (χ4n) is 1.91. The maximum Gasteiger partial charge on any atom is 0.328 e. The topological polar surface area (TPSA) is 86.7 Å². The lowest BCUT2D eigenvalue weighted by molar-refractivity contribution is -0.152. The van der Waals surface area contributed by atoms with E-state index in [9.17, 15) is 18.8 Å². The van der Waals surface area contributed by atoms with Gasteiger partial charge in [-0.15, -0.1) is 11.8 Å². The molecule has 2 amide bonds. The fourth-order valence-corrected chi connectivity index (χ4v) is 2.73. The van der Waals surface area contributed by atoms with E-state index in [1.54, 1.807) is 6.07 Å². The van der Waals surface area contributed by atoms with Crippen molar-refractivity contribution in [2.45, 2.75) is 10.9 Å². The van der Waals surface area contributed by atoms with Crippen molar-refractivity contribution >= 4 is 29.5 Å². The highest BCUT2D eigenvalue weighted by Crippen LogP contribution is 2.22. The van der Waals surface area contributed by atoms with Crippen molar-refractivity contribution < 1.29 is 23.9 Å². The zero-order chi connectivity index (χ0) is 15.4. The molecule has 0 spiro atoms. The van der Waals surface area contributed by atoms with Crippen LogP contribution in [0.2, 0.25) is 0 Å². The summed E-state index contributed by atoms with van der Waals surface area (Å²) in [6, 6.07) is 4.91. The summed E-state index contributed by atoms with van der Waals surface area (Å²) in [4.78, 5) is 35.8. The smallest absolute Gasteiger partial charge is 0.328 e. The lowest BCUT2D eigenvalue weighted by Gasteiger charge is -2.32. The van der Waals surface area contributed by atoms with Gasteiger partial charge in [-0.05, 0) is 12.1 Å². The monoisotopic (exact) mass is 312 g/mol. The van der Waals surface area contributed by atoms with Crippen molar-refractivity contribution in [1.29, 1.82) is 0 Å². The summed E-state index contributed by atoms with van der Waals surface area (Å²) in [6.07, 6.45) is 0. The first-order valence-electron chi connectivity index (χ1n) is 6.15. The number of thioether (sulfide) groups is 1. The van der Waals surface area contributed by atoms with Crippen molar-refractivity contribution in [2.24, 2.45) is 0 Å². The highest BCUT2D eigenvalue weighted by atomic mass is 32.2. The number of nitrogens with zero attached hydrogens (tertiary/aromatic N) is 1. The van der Waals surface area contributed by atoms with Gasteiger partial charge in [-0.25, -0.2) is 9.18 Å². The standard InChI is InChI=1S/C13H13FN2O4S/c14-8-3-1-2-4-10(8)21-7-12(18)16-6-11(17)15-5-9(16)13(19)20/h1-4,9H,5-7H2,(H,15,17)(H,19,20). The first kappa shape index (κ1) is 15.3. The third kappa shape index (κ3) is 3.72. The molecule has 0 aromatic heterocycles. The van der Waals surface area contributed by atoms with E-state index in [-0.39, 0.29) is 18.8 Å². The quantitative estimate of drug-likeness (QED) is 0.783. The molecule has 1 fully saturated rings. The predicted molar refractivity (Wildman–Crippen MR) is 73.3 cm³/mol. The normalized spacial score (nSPS) is 18.2. The molecule has 1 aromatic rings. The minimum atomic E-state index is -1.18. The molecule has 1 saturated heterocycles. The molecule has 112 valence electrons. The summed E-state index contributed by atoms with van der Waals surface area (Å²) in [6.45, 7) is -0.419. The van der Waals surface area contributed by atoms with Crippen LogP contribution in [0.15, 0.2) is 29.2 Å². The van der Waals surface area contributed by atoms with Crippen LogP contribution in [0.5, 0.6) is 0 Å². The lowest BCUT2D eigenvalue weighted by Crippen LogP contribution is -2.59. The first-order chi connectivity index (χ1) is 9.99. The van der Waals surface area contributed by atoms with E-state index in [1.165, 1.54) is 18.2 Å². The Morgan fingerprint density at radius 1 is 1.43 bits per heavy atom. The van der Waals surface area contributed by atoms with Crippen molar-refractivity contribution in [3.63, 3.8) is 0 Å². The average molecular weight is 312 g/mol. The minimum absolute atomic E-state index is 0.121. The van der Waals surface area contributed by atoms with E-state index in [1.807, 2.05) is 0 Å². The number of halogens is 1. The molecule has 1 atom stereocenters. The Bertz CT molecular complexity index is 581. The van der Waals surface area contributed by atoms with Crippen molar-refractivity contribution in [3.8, 4) is 0 Å². The molecule has 21 heavy (non-hydrogen) atoms. The Hall–Kier alpha value is -2.09. The number of rotatable bonds is 4. The van der Waals surface area contributed by atoms with Gasteiger partial charge in [-0.1, -0.05) is 12.1 Å². The van der Waals surface area contributed by atoms with Gasteiger partial charge >= 0.3 is 5.97 Å². The number of hydrogen-bond donors (Lipinski definition) is 2. The number of amides is 2. The zero-order valence-corrected chi connectivity index (χ0v) is 11.7. The number of benzene rings is 1. The van der Waals surface area contributed by atoms with Gasteiger partial charge in [0, 0.05) is 11.4 Å². The zero-order valence-electron chi connectivity index (χ0n) is 10.9. The number of carboxylic acid groups (broad SMARTS) is 1. The fraction of sp³-hybridized carbons (Fsp3) is 0.308. The van der Waals surface area contributed by atoms with Crippen LogP contribution in [-0.4, -0.2) is 52.7 Å². The maximum absolute atomic E-state index is 13.4. The molecule has 2 rings (SSSR count). The molecule has 1 heterocycles. The summed E-state index contributed by atoms with van der Waals surface area (Å²) in [7, 11) is 0. The second kappa shape index (κ2) is 6.57. The Labute approximate surface area is 124 Å². The van der Waals surface area contributed by atoms with Crippen LogP contribution >= 0.6 is 11.8 Å². The molecule has 0 bridgehead atoms. The van der Waals surface area contributed by atoms with Gasteiger partial charge in [-0.2, -0.15) is 0 Å². The summed E-state index contributed by atoms with van der Waals surface area (Å²) in [5, 5.41) is 11.5. The van der Waals surface area contributed by atoms with E-state index >= 15 is 0 Å². The van der Waals surface area contributed by atoms with E-state index < -0.39 is 29.6 Å². The van der Waals surface area contributed by atoms with Crippen LogP contribution < -0.4 is 5.32 Å². The van der Waals surface area contributed by atoms with E-state index in [4.69, 9.17) is 5.11 Å². The summed E-state index contributed by atoms with van der Waals surface area (Å²) in [5.74, 6) is -2.67. The highest BCUT2D eigenvalue weighted by molar-refractivity contribution is 8.00. The van der Waals surface area contributed by atoms with Crippen LogP contribution in [0.4, 0.5) is 4.39 Å². The molecule has 0 saturated carbocycles. The van der Waals surface area contributed by atoms with Gasteiger partial charge < -0.3 is 15.3 Å². The van der Waals surface area contributed by atoms with Crippen molar-refractivity contribution in [3.05, 3.63) is 30.1 Å². The Kier molecular flexibility index (Phi) is 4.79. The Morgan fingerprint density at radius 3 is 2.81 bits per heavy atom. The Balaban J connectivity index is 2.02. The number of piperazine rings is 1. The first-order valence-corrected chi connectivity index (χ1v) is 7.14. The molecular weight excluding hydrogens is 299 g/mol. The average Bonchev–Trinajstić information content (AvgIpc) is 2.45. The van der Waals surface area contributed by atoms with Gasteiger partial charge in [0.1, 0.15) is 18.4 Å². The molecule has 1 aliphatic rings. The summed E-state index contributed by atoms with van der Waals surface area (Å²) >= 11 is 0.973. The second-order valence-electron chi connectivity index (χ2n) is 4.40. The number of nitrogens with one attached hydrogen (secondary N) is 1. The molecule has 2 N–H and O–H groups in total. The van der Waals surface area contributed by atoms with Crippen molar-refractivity contribution in [1.82, 2.24) is 10.2 Å². The van der Waals surface area contributed by atoms with Crippen LogP contribution in [0.3, 0.4) is 0 Å². The lowest BCUT2D eigenvalue weighted by atomic mass is 10.2. The third-order valence-electron chi connectivity index (χ3n) is 2.98. The molecule has 0 radical (unpaired) electrons. The van der Waals surface area contributed by atoms with E-state index in [0.717, 1.165) is 16.7 Å². The second-order valence-corrected chi connectivity index (χ2v) is 5.42. The van der Waals surface area contributed by atoms with Gasteiger partial charge in [0.25, 0.3) is 0 Å². The van der Waals surface area contributed by atoms with Crippen LogP contribution in [0.1, 0.15) is 0 Å². The summed E-state index contributed by atoms with van der Waals surface area (Å²) < 4.78 is 13.4. The predicted octanol–water partition coefficient (Wildman–Crippen LogP) is 0.329. The molecule has 1 aliphatic heterocycles. The van der Waals surface area contributed by atoms with Gasteiger partial charge in [-0.3, -0.25) is 9.59 Å². The molecular formula is C13H13FN2O4S. The van der Waals surface area contributed by atoms with Gasteiger partial charge in [0.15, 0.2) is 0 Å². The number of hydrogen-bond acceptors (Lipinski definition) is 4. The molecule has 8 heteroatoms. The SMILES string of the molecule is O=C1CN(C(=O)CSc2ccccc2F)C(C(=O)O)CN1. The molecule has 1 unspecified atom stereocenters. The molecule has 6 nitrogen and oxygen atoms in total. The molecule has 1 aromatic carbocycles.